The Morgan fingerprint density at radius 1 is 1.44 bits per heavy atom. The van der Waals surface area contributed by atoms with Gasteiger partial charge in [0.2, 0.25) is 0 Å². The third-order valence-electron chi connectivity index (χ3n) is 4.05. The molecule has 2 aliphatic rings. The van der Waals surface area contributed by atoms with Crippen molar-refractivity contribution in [2.75, 3.05) is 25.9 Å². The van der Waals surface area contributed by atoms with Gasteiger partial charge in [-0.3, -0.25) is 0 Å². The summed E-state index contributed by atoms with van der Waals surface area (Å²) in [6, 6.07) is 0. The van der Waals surface area contributed by atoms with Crippen LogP contribution in [0.2, 0.25) is 0 Å². The first-order valence-electron chi connectivity index (χ1n) is 6.24. The Balaban J connectivity index is 1.77. The maximum atomic E-state index is 5.88. The molecule has 0 atom stereocenters. The first kappa shape index (κ1) is 12.7. The van der Waals surface area contributed by atoms with Crippen LogP contribution >= 0.6 is 24.0 Å². The molecule has 2 nitrogen and oxygen atoms in total. The second-order valence-corrected chi connectivity index (χ2v) is 6.77. The van der Waals surface area contributed by atoms with Crippen LogP contribution in [0.3, 0.4) is 0 Å². The van der Waals surface area contributed by atoms with Crippen molar-refractivity contribution in [3.63, 3.8) is 0 Å². The molecule has 0 bridgehead atoms. The highest BCUT2D eigenvalue weighted by molar-refractivity contribution is 8.01. The van der Waals surface area contributed by atoms with Crippen LogP contribution in [0.1, 0.15) is 32.1 Å². The van der Waals surface area contributed by atoms with E-state index >= 15 is 0 Å². The van der Waals surface area contributed by atoms with E-state index in [1.165, 1.54) is 38.9 Å². The zero-order chi connectivity index (χ0) is 11.6. The molecule has 92 valence electrons. The monoisotopic (exact) mass is 258 g/mol. The summed E-state index contributed by atoms with van der Waals surface area (Å²) < 4.78 is 0.0887. The van der Waals surface area contributed by atoms with Crippen molar-refractivity contribution < 1.29 is 0 Å². The number of thioether (sulfide) groups is 1. The number of hydrogen-bond acceptors (Lipinski definition) is 3. The van der Waals surface area contributed by atoms with Crippen molar-refractivity contribution in [3.05, 3.63) is 0 Å². The van der Waals surface area contributed by atoms with Crippen molar-refractivity contribution in [3.8, 4) is 0 Å². The average molecular weight is 258 g/mol. The summed E-state index contributed by atoms with van der Waals surface area (Å²) >= 11 is 7.07. The van der Waals surface area contributed by atoms with Crippen LogP contribution in [0.5, 0.6) is 0 Å². The van der Waals surface area contributed by atoms with E-state index in [2.05, 4.69) is 11.2 Å². The summed E-state index contributed by atoms with van der Waals surface area (Å²) in [6.45, 7) is 3.63. The molecule has 1 heterocycles. The van der Waals surface area contributed by atoms with E-state index in [0.717, 1.165) is 18.8 Å². The van der Waals surface area contributed by atoms with Gasteiger partial charge in [-0.15, -0.1) is 0 Å². The number of piperidine rings is 1. The minimum Gasteiger partial charge on any atom is -0.392 e. The van der Waals surface area contributed by atoms with Crippen molar-refractivity contribution >= 4 is 29.0 Å². The third kappa shape index (κ3) is 2.90. The van der Waals surface area contributed by atoms with Crippen LogP contribution in [0.15, 0.2) is 0 Å². The van der Waals surface area contributed by atoms with E-state index < -0.39 is 0 Å². The van der Waals surface area contributed by atoms with Gasteiger partial charge in [-0.05, 0) is 51.1 Å². The highest BCUT2D eigenvalue weighted by Crippen LogP contribution is 2.36. The third-order valence-corrected chi connectivity index (χ3v) is 5.98. The summed E-state index contributed by atoms with van der Waals surface area (Å²) in [5.41, 5.74) is 5.88. The molecule has 1 aliphatic carbocycles. The van der Waals surface area contributed by atoms with E-state index in [4.69, 9.17) is 18.0 Å². The Morgan fingerprint density at radius 3 is 2.50 bits per heavy atom. The number of hydrogen-bond donors (Lipinski definition) is 1. The van der Waals surface area contributed by atoms with Crippen LogP contribution in [0, 0.1) is 5.92 Å². The lowest BCUT2D eigenvalue weighted by molar-refractivity contribution is 0.215. The van der Waals surface area contributed by atoms with E-state index in [9.17, 15) is 0 Å². The normalized spacial score (nSPS) is 25.6. The molecule has 1 aliphatic heterocycles. The fourth-order valence-corrected chi connectivity index (χ4v) is 3.71. The maximum Gasteiger partial charge on any atom is 0.0891 e. The molecule has 0 amide bonds. The maximum absolute atomic E-state index is 5.88. The second-order valence-electron chi connectivity index (χ2n) is 5.14. The molecule has 0 aromatic rings. The summed E-state index contributed by atoms with van der Waals surface area (Å²) in [7, 11) is 0. The van der Waals surface area contributed by atoms with Crippen LogP contribution in [-0.2, 0) is 0 Å². The van der Waals surface area contributed by atoms with E-state index in [-0.39, 0.29) is 4.75 Å². The standard InChI is InChI=1S/C12H22N2S2/c1-16-12(11(13)15)5-8-14(9-6-12)7-4-10-2-3-10/h10H,2-9H2,1H3,(H2,13,15). The Kier molecular flexibility index (Phi) is 4.14. The number of nitrogens with two attached hydrogens (primary N) is 1. The Morgan fingerprint density at radius 2 is 2.06 bits per heavy atom. The molecule has 16 heavy (non-hydrogen) atoms. The molecule has 0 unspecified atom stereocenters. The number of likely N-dealkylation sites (tertiary alicyclic amines) is 1. The van der Waals surface area contributed by atoms with Gasteiger partial charge in [-0.1, -0.05) is 25.1 Å². The summed E-state index contributed by atoms with van der Waals surface area (Å²) in [6.07, 6.45) is 8.74. The average Bonchev–Trinajstić information content (AvgIpc) is 3.10. The Labute approximate surface area is 108 Å². The van der Waals surface area contributed by atoms with E-state index in [1.54, 1.807) is 0 Å². The first-order valence-corrected chi connectivity index (χ1v) is 7.87. The van der Waals surface area contributed by atoms with Crippen LogP contribution < -0.4 is 5.73 Å². The molecule has 0 aromatic heterocycles. The molecule has 0 radical (unpaired) electrons. The Bertz CT molecular complexity index is 256. The zero-order valence-electron chi connectivity index (χ0n) is 10.1. The lowest BCUT2D eigenvalue weighted by Crippen LogP contribution is -2.49. The molecule has 1 saturated carbocycles. The highest BCUT2D eigenvalue weighted by Gasteiger charge is 2.36. The van der Waals surface area contributed by atoms with Crippen LogP contribution in [0.25, 0.3) is 0 Å². The fraction of sp³-hybridized carbons (Fsp3) is 0.917. The van der Waals surface area contributed by atoms with Gasteiger partial charge in [0.15, 0.2) is 0 Å². The van der Waals surface area contributed by atoms with Crippen LogP contribution in [-0.4, -0.2) is 40.5 Å². The van der Waals surface area contributed by atoms with Crippen LogP contribution in [0.4, 0.5) is 0 Å². The molecule has 4 heteroatoms. The predicted molar refractivity (Wildman–Crippen MR) is 76.0 cm³/mol. The van der Waals surface area contributed by atoms with Crippen molar-refractivity contribution in [1.29, 1.82) is 0 Å². The minimum atomic E-state index is 0.0887. The quantitative estimate of drug-likeness (QED) is 0.766. The van der Waals surface area contributed by atoms with Gasteiger partial charge >= 0.3 is 0 Å². The topological polar surface area (TPSA) is 29.3 Å². The van der Waals surface area contributed by atoms with Gasteiger partial charge in [0, 0.05) is 0 Å². The molecule has 0 spiro atoms. The molecule has 2 fully saturated rings. The smallest absolute Gasteiger partial charge is 0.0891 e. The summed E-state index contributed by atoms with van der Waals surface area (Å²) in [5.74, 6) is 1.04. The fourth-order valence-electron chi connectivity index (χ4n) is 2.46. The lowest BCUT2D eigenvalue weighted by Gasteiger charge is -2.40. The largest absolute Gasteiger partial charge is 0.392 e. The molecular formula is C12H22N2S2. The minimum absolute atomic E-state index is 0.0887. The number of rotatable bonds is 5. The number of nitrogens with zero attached hydrogens (tertiary/aromatic N) is 1. The molecule has 2 N–H and O–H groups in total. The van der Waals surface area contributed by atoms with E-state index in [1.807, 2.05) is 11.8 Å². The van der Waals surface area contributed by atoms with Gasteiger partial charge in [0.25, 0.3) is 0 Å². The van der Waals surface area contributed by atoms with Crippen molar-refractivity contribution in [2.45, 2.75) is 36.9 Å². The second kappa shape index (κ2) is 5.23. The summed E-state index contributed by atoms with van der Waals surface area (Å²) in [5, 5.41) is 0. The Hall–Kier alpha value is 0.200. The van der Waals surface area contributed by atoms with Crippen molar-refractivity contribution in [1.82, 2.24) is 4.90 Å². The van der Waals surface area contributed by atoms with Gasteiger partial charge in [-0.2, -0.15) is 11.8 Å². The first-order chi connectivity index (χ1) is 7.66. The van der Waals surface area contributed by atoms with Gasteiger partial charge in [-0.25, -0.2) is 0 Å². The number of thiocarbonyl (C=S) groups is 1. The summed E-state index contributed by atoms with van der Waals surface area (Å²) in [4.78, 5) is 3.30. The molecule has 0 aromatic carbocycles. The van der Waals surface area contributed by atoms with E-state index in [0.29, 0.717) is 4.99 Å². The predicted octanol–water partition coefficient (Wildman–Crippen LogP) is 2.27. The van der Waals surface area contributed by atoms with Gasteiger partial charge in [0.1, 0.15) is 0 Å². The van der Waals surface area contributed by atoms with Crippen molar-refractivity contribution in [2.24, 2.45) is 11.7 Å². The zero-order valence-corrected chi connectivity index (χ0v) is 11.7. The lowest BCUT2D eigenvalue weighted by atomic mass is 9.95. The molecule has 2 rings (SSSR count). The molecule has 1 saturated heterocycles. The SMILES string of the molecule is CSC1(C(N)=S)CCN(CCC2CC2)CC1. The molecular weight excluding hydrogens is 236 g/mol. The highest BCUT2D eigenvalue weighted by atomic mass is 32.2. The van der Waals surface area contributed by atoms with Gasteiger partial charge < -0.3 is 10.6 Å². The van der Waals surface area contributed by atoms with Gasteiger partial charge in [0.05, 0.1) is 9.74 Å².